The van der Waals surface area contributed by atoms with Gasteiger partial charge in [0.15, 0.2) is 10.9 Å². The van der Waals surface area contributed by atoms with Crippen molar-refractivity contribution >= 4 is 68.3 Å². The molecule has 0 atom stereocenters. The van der Waals surface area contributed by atoms with Crippen molar-refractivity contribution in [2.75, 3.05) is 0 Å². The maximum atomic E-state index is 15.4. The molecule has 2 heterocycles. The van der Waals surface area contributed by atoms with Crippen molar-refractivity contribution in [3.63, 3.8) is 0 Å². The average molecular weight is 1160 g/mol. The second-order valence-corrected chi connectivity index (χ2v) is 29.5. The molecule has 2 aliphatic carbocycles. The van der Waals surface area contributed by atoms with E-state index in [0.717, 1.165) is 105 Å². The Balaban J connectivity index is 1.06. The minimum Gasteiger partial charge on any atom is -0.399 e. The third kappa shape index (κ3) is 11.3. The number of rotatable bonds is 30. The van der Waals surface area contributed by atoms with E-state index in [1.54, 1.807) is 0 Å². The number of benzene rings is 5. The van der Waals surface area contributed by atoms with E-state index in [9.17, 15) is 0 Å². The number of hydrogen-bond acceptors (Lipinski definition) is 6. The van der Waals surface area contributed by atoms with E-state index in [1.807, 2.05) is 0 Å². The molecule has 0 N–H and O–H groups in total. The molecule has 2 fully saturated rings. The zero-order valence-electron chi connectivity index (χ0n) is 55.3. The molecule has 86 heavy (non-hydrogen) atoms. The van der Waals surface area contributed by atoms with E-state index in [0.29, 0.717) is 0 Å². The summed E-state index contributed by atoms with van der Waals surface area (Å²) in [7, 11) is -0.935. The van der Waals surface area contributed by atoms with Gasteiger partial charge in [-0.3, -0.25) is 9.59 Å². The number of unbranched alkanes of at least 4 members (excludes halogenated alkanes) is 20. The average Bonchev–Trinajstić information content (AvgIpc) is 1.55. The van der Waals surface area contributed by atoms with E-state index in [-0.39, 0.29) is 21.7 Å². The van der Waals surface area contributed by atoms with Gasteiger partial charge in [0, 0.05) is 32.4 Å². The first kappa shape index (κ1) is 63.0. The minimum atomic E-state index is -0.467. The Labute approximate surface area is 518 Å². The van der Waals surface area contributed by atoms with Crippen LogP contribution in [0.3, 0.4) is 0 Å². The van der Waals surface area contributed by atoms with Gasteiger partial charge in [-0.1, -0.05) is 218 Å². The minimum absolute atomic E-state index is 0.0607. The van der Waals surface area contributed by atoms with Crippen molar-refractivity contribution in [2.24, 2.45) is 0 Å². The molecule has 0 aromatic heterocycles. The fourth-order valence-corrected chi connectivity index (χ4v) is 16.1. The molecular weight excluding hydrogens is 1050 g/mol. The topological polar surface area (TPSA) is 71.1 Å². The van der Waals surface area contributed by atoms with E-state index in [1.165, 1.54) is 173 Å². The normalized spacial score (nSPS) is 18.3. The van der Waals surface area contributed by atoms with E-state index >= 15 is 9.59 Å². The van der Waals surface area contributed by atoms with Gasteiger partial charge in [-0.25, -0.2) is 0 Å². The Kier molecular flexibility index (Phi) is 18.6. The number of fused-ring (bicyclic) bond motifs is 12. The van der Waals surface area contributed by atoms with Crippen molar-refractivity contribution in [3.05, 3.63) is 115 Å². The van der Waals surface area contributed by atoms with Crippen LogP contribution < -0.4 is 21.8 Å². The number of hydrogen-bond donors (Lipinski definition) is 0. The van der Waals surface area contributed by atoms with Crippen LogP contribution in [-0.4, -0.2) is 36.6 Å². The molecule has 6 nitrogen and oxygen atoms in total. The van der Waals surface area contributed by atoms with Crippen molar-refractivity contribution in [3.8, 4) is 22.3 Å². The maximum absolute atomic E-state index is 15.4. The molecule has 0 spiro atoms. The first-order valence-corrected chi connectivity index (χ1v) is 34.9. The predicted molar refractivity (Wildman–Crippen MR) is 367 cm³/mol. The molecule has 0 amide bonds. The maximum Gasteiger partial charge on any atom is 0.494 e. The van der Waals surface area contributed by atoms with Gasteiger partial charge in [0.05, 0.1) is 22.4 Å². The zero-order valence-corrected chi connectivity index (χ0v) is 55.3. The Bertz CT molecular complexity index is 3360. The summed E-state index contributed by atoms with van der Waals surface area (Å²) in [6, 6.07) is 27.6. The summed E-state index contributed by atoms with van der Waals surface area (Å²) in [5.41, 5.74) is 10.2. The lowest BCUT2D eigenvalue weighted by atomic mass is 9.68. The summed E-state index contributed by atoms with van der Waals surface area (Å²) in [4.78, 5) is 30.9. The van der Waals surface area contributed by atoms with Crippen LogP contribution in [0.2, 0.25) is 0 Å². The highest BCUT2D eigenvalue weighted by molar-refractivity contribution is 6.62. The molecule has 458 valence electrons. The summed E-state index contributed by atoms with van der Waals surface area (Å²) in [5.74, 6) is 0. The van der Waals surface area contributed by atoms with E-state index < -0.39 is 36.6 Å². The van der Waals surface area contributed by atoms with Gasteiger partial charge in [-0.2, -0.15) is 0 Å². The van der Waals surface area contributed by atoms with Gasteiger partial charge >= 0.3 is 14.2 Å². The molecule has 0 unspecified atom stereocenters. The van der Waals surface area contributed by atoms with Gasteiger partial charge in [0.1, 0.15) is 0 Å². The Morgan fingerprint density at radius 1 is 0.291 bits per heavy atom. The summed E-state index contributed by atoms with van der Waals surface area (Å²) >= 11 is 0. The molecule has 7 aromatic rings. The molecule has 2 aliphatic heterocycles. The van der Waals surface area contributed by atoms with Gasteiger partial charge in [0.25, 0.3) is 0 Å². The van der Waals surface area contributed by atoms with Crippen molar-refractivity contribution in [1.29, 1.82) is 0 Å². The fraction of sp³-hybridized carbons (Fsp3) is 0.590. The molecule has 7 aromatic carbocycles. The zero-order chi connectivity index (χ0) is 60.8. The molecular formula is C78H104B2O6. The van der Waals surface area contributed by atoms with Gasteiger partial charge in [-0.05, 0) is 194 Å². The third-order valence-electron chi connectivity index (χ3n) is 22.6. The van der Waals surface area contributed by atoms with Crippen molar-refractivity contribution < 1.29 is 18.6 Å². The second kappa shape index (κ2) is 25.4. The van der Waals surface area contributed by atoms with Gasteiger partial charge in [0.2, 0.25) is 0 Å². The summed E-state index contributed by atoms with van der Waals surface area (Å²) in [6.45, 7) is 26.3. The van der Waals surface area contributed by atoms with Crippen LogP contribution in [0.5, 0.6) is 0 Å². The smallest absolute Gasteiger partial charge is 0.399 e. The molecule has 8 heteroatoms. The summed E-state index contributed by atoms with van der Waals surface area (Å²) < 4.78 is 27.0. The highest BCUT2D eigenvalue weighted by atomic mass is 16.7. The van der Waals surface area contributed by atoms with Gasteiger partial charge < -0.3 is 18.6 Å². The fourth-order valence-electron chi connectivity index (χ4n) is 16.1. The SMILES string of the molecule is CCCCCCCCC1(CCCCCCCC)c2cc(B3OC(C)(C)C(C)(C)O3)ccc2-c2cc3c(=O)c4cc5c(cc4c3cc21)c(=O)c1cc2c(cc15)C(CCCCCCCC)(CCCCCCCC)c1cc(B3OC(C)(C)C(C)(C)O3)ccc1-2. The van der Waals surface area contributed by atoms with Crippen LogP contribution in [-0.2, 0) is 29.4 Å². The highest BCUT2D eigenvalue weighted by Crippen LogP contribution is 2.58. The monoisotopic (exact) mass is 1160 g/mol. The third-order valence-corrected chi connectivity index (χ3v) is 22.6. The first-order valence-electron chi connectivity index (χ1n) is 34.9. The Morgan fingerprint density at radius 3 is 0.849 bits per heavy atom. The van der Waals surface area contributed by atoms with Crippen LogP contribution in [0.15, 0.2) is 82.4 Å². The first-order chi connectivity index (χ1) is 41.3. The lowest BCUT2D eigenvalue weighted by molar-refractivity contribution is 0.00578. The largest absolute Gasteiger partial charge is 0.494 e. The van der Waals surface area contributed by atoms with Crippen molar-refractivity contribution in [1.82, 2.24) is 0 Å². The van der Waals surface area contributed by atoms with Crippen LogP contribution >= 0.6 is 0 Å². The summed E-state index contributed by atoms with van der Waals surface area (Å²) in [6.07, 6.45) is 33.7. The van der Waals surface area contributed by atoms with E-state index in [2.05, 4.69) is 156 Å². The molecule has 11 rings (SSSR count). The Hall–Kier alpha value is -4.59. The lowest BCUT2D eigenvalue weighted by Gasteiger charge is -2.33. The van der Waals surface area contributed by atoms with Gasteiger partial charge in [-0.15, -0.1) is 0 Å². The van der Waals surface area contributed by atoms with E-state index in [4.69, 9.17) is 18.6 Å². The molecule has 2 saturated heterocycles. The van der Waals surface area contributed by atoms with Crippen LogP contribution in [0.1, 0.15) is 285 Å². The van der Waals surface area contributed by atoms with Crippen LogP contribution in [0, 0.1) is 0 Å². The molecule has 4 aliphatic rings. The molecule has 0 radical (unpaired) electrons. The predicted octanol–water partition coefficient (Wildman–Crippen LogP) is 20.0. The summed E-state index contributed by atoms with van der Waals surface area (Å²) in [5, 5.41) is 6.73. The molecule has 0 bridgehead atoms. The van der Waals surface area contributed by atoms with Crippen molar-refractivity contribution in [2.45, 2.75) is 296 Å². The second-order valence-electron chi connectivity index (χ2n) is 29.5. The van der Waals surface area contributed by atoms with Crippen LogP contribution in [0.25, 0.3) is 65.3 Å². The highest BCUT2D eigenvalue weighted by Gasteiger charge is 2.54. The van der Waals surface area contributed by atoms with Crippen LogP contribution in [0.4, 0.5) is 0 Å². The molecule has 0 saturated carbocycles. The Morgan fingerprint density at radius 2 is 0.547 bits per heavy atom. The lowest BCUT2D eigenvalue weighted by Crippen LogP contribution is -2.41. The quantitative estimate of drug-likeness (QED) is 0.0330. The standard InChI is InChI=1S/C78H104B2O6/c1-13-17-21-25-29-33-41-77(42-34-30-26-22-18-14-2)67-45-53(79-83-73(5,6)74(7,8)84-79)37-39-55(67)61-49-65-59(51-69(61)77)57-47-64-58(48-63(57)71(65)81)60-52-70-62(50-66(60)72(64)82)56-40-38-54(80-85-75(9,10)76(11,12)86-80)46-68(56)78(70,43-35-31-27-23-19-15-3)44-36-32-28-24-20-16-4/h37-40,45-52H,13-36,41-44H2,1-12H3.